The van der Waals surface area contributed by atoms with Crippen LogP contribution in [-0.4, -0.2) is 12.9 Å². The molecule has 74 valence electrons. The van der Waals surface area contributed by atoms with E-state index in [4.69, 9.17) is 4.74 Å². The van der Waals surface area contributed by atoms with Crippen LogP contribution in [0.2, 0.25) is 0 Å². The molecule has 0 aromatic heterocycles. The Hall–Kier alpha value is -1.31. The van der Waals surface area contributed by atoms with Gasteiger partial charge in [-0.15, -0.1) is 0 Å². The van der Waals surface area contributed by atoms with Crippen LogP contribution in [0.5, 0.6) is 5.75 Å². The maximum absolute atomic E-state index is 10.7. The van der Waals surface area contributed by atoms with Crippen LogP contribution in [0.3, 0.4) is 0 Å². The van der Waals surface area contributed by atoms with Gasteiger partial charge in [0.05, 0.1) is 6.61 Å². The van der Waals surface area contributed by atoms with E-state index in [9.17, 15) is 4.79 Å². The molecule has 2 heteroatoms. The van der Waals surface area contributed by atoms with Gasteiger partial charge in [-0.25, -0.2) is 0 Å². The highest BCUT2D eigenvalue weighted by Crippen LogP contribution is 2.38. The van der Waals surface area contributed by atoms with Gasteiger partial charge in [0, 0.05) is 11.1 Å². The smallest absolute Gasteiger partial charge is 0.150 e. The third kappa shape index (κ3) is 1.41. The largest absolute Gasteiger partial charge is 0.493 e. The van der Waals surface area contributed by atoms with E-state index in [0.717, 1.165) is 36.2 Å². The van der Waals surface area contributed by atoms with E-state index in [1.807, 2.05) is 12.1 Å². The SMILES string of the molecule is CC1(C)CCOc2ccc(C=O)cc21. The zero-order valence-electron chi connectivity index (χ0n) is 8.54. The Labute approximate surface area is 83.9 Å². The Balaban J connectivity index is 2.54. The molecule has 1 aromatic carbocycles. The zero-order chi connectivity index (χ0) is 10.2. The molecular formula is C12H14O2. The van der Waals surface area contributed by atoms with Gasteiger partial charge < -0.3 is 4.74 Å². The van der Waals surface area contributed by atoms with Crippen LogP contribution in [0.4, 0.5) is 0 Å². The molecule has 0 spiro atoms. The van der Waals surface area contributed by atoms with Crippen molar-refractivity contribution < 1.29 is 9.53 Å². The van der Waals surface area contributed by atoms with Crippen molar-refractivity contribution >= 4 is 6.29 Å². The van der Waals surface area contributed by atoms with Gasteiger partial charge in [-0.3, -0.25) is 4.79 Å². The minimum absolute atomic E-state index is 0.118. The summed E-state index contributed by atoms with van der Waals surface area (Å²) < 4.78 is 5.54. The Kier molecular flexibility index (Phi) is 2.06. The topological polar surface area (TPSA) is 26.3 Å². The van der Waals surface area contributed by atoms with E-state index in [0.29, 0.717) is 0 Å². The number of carbonyl (C=O) groups is 1. The summed E-state index contributed by atoms with van der Waals surface area (Å²) in [6, 6.07) is 5.62. The second kappa shape index (κ2) is 3.12. The molecule has 2 nitrogen and oxygen atoms in total. The van der Waals surface area contributed by atoms with Crippen LogP contribution in [-0.2, 0) is 5.41 Å². The van der Waals surface area contributed by atoms with Gasteiger partial charge in [-0.1, -0.05) is 13.8 Å². The Morgan fingerprint density at radius 3 is 2.93 bits per heavy atom. The molecule has 0 unspecified atom stereocenters. The Bertz CT molecular complexity index is 367. The molecular weight excluding hydrogens is 176 g/mol. The van der Waals surface area contributed by atoms with Crippen LogP contribution < -0.4 is 4.74 Å². The summed E-state index contributed by atoms with van der Waals surface area (Å²) in [5.41, 5.74) is 1.99. The lowest BCUT2D eigenvalue weighted by Crippen LogP contribution is -2.26. The molecule has 0 radical (unpaired) electrons. The fourth-order valence-electron chi connectivity index (χ4n) is 1.83. The summed E-state index contributed by atoms with van der Waals surface area (Å²) in [4.78, 5) is 10.7. The van der Waals surface area contributed by atoms with E-state index in [1.54, 1.807) is 6.07 Å². The van der Waals surface area contributed by atoms with E-state index in [-0.39, 0.29) is 5.41 Å². The van der Waals surface area contributed by atoms with Crippen molar-refractivity contribution in [1.82, 2.24) is 0 Å². The molecule has 1 heterocycles. The Morgan fingerprint density at radius 2 is 2.21 bits per heavy atom. The maximum atomic E-state index is 10.7. The first-order valence-electron chi connectivity index (χ1n) is 4.86. The number of ether oxygens (including phenoxy) is 1. The molecule has 14 heavy (non-hydrogen) atoms. The van der Waals surface area contributed by atoms with Crippen LogP contribution in [0.25, 0.3) is 0 Å². The first-order valence-corrected chi connectivity index (χ1v) is 4.86. The summed E-state index contributed by atoms with van der Waals surface area (Å²) in [6.45, 7) is 5.13. The Morgan fingerprint density at radius 1 is 1.43 bits per heavy atom. The molecule has 0 bridgehead atoms. The van der Waals surface area contributed by atoms with Gasteiger partial charge in [-0.2, -0.15) is 0 Å². The first kappa shape index (κ1) is 9.25. The van der Waals surface area contributed by atoms with Crippen molar-refractivity contribution in [3.63, 3.8) is 0 Å². The van der Waals surface area contributed by atoms with Gasteiger partial charge in [0.2, 0.25) is 0 Å². The van der Waals surface area contributed by atoms with Gasteiger partial charge in [0.25, 0.3) is 0 Å². The number of rotatable bonds is 1. The third-order valence-corrected chi connectivity index (χ3v) is 2.85. The number of hydrogen-bond donors (Lipinski definition) is 0. The minimum atomic E-state index is 0.118. The van der Waals surface area contributed by atoms with Crippen LogP contribution in [0.15, 0.2) is 18.2 Å². The molecule has 1 aliphatic heterocycles. The highest BCUT2D eigenvalue weighted by Gasteiger charge is 2.28. The molecule has 0 fully saturated rings. The van der Waals surface area contributed by atoms with Gasteiger partial charge in [0.15, 0.2) is 0 Å². The lowest BCUT2D eigenvalue weighted by atomic mass is 9.79. The molecule has 0 saturated heterocycles. The maximum Gasteiger partial charge on any atom is 0.150 e. The lowest BCUT2D eigenvalue weighted by Gasteiger charge is -2.32. The number of aldehydes is 1. The third-order valence-electron chi connectivity index (χ3n) is 2.85. The molecule has 0 N–H and O–H groups in total. The second-order valence-corrected chi connectivity index (χ2v) is 4.36. The normalized spacial score (nSPS) is 18.1. The lowest BCUT2D eigenvalue weighted by molar-refractivity contribution is 0.112. The van der Waals surface area contributed by atoms with Crippen molar-refractivity contribution in [1.29, 1.82) is 0 Å². The van der Waals surface area contributed by atoms with Crippen molar-refractivity contribution in [3.05, 3.63) is 29.3 Å². The molecule has 2 rings (SSSR count). The summed E-state index contributed by atoms with van der Waals surface area (Å²) in [7, 11) is 0. The zero-order valence-corrected chi connectivity index (χ0v) is 8.54. The minimum Gasteiger partial charge on any atom is -0.493 e. The van der Waals surface area contributed by atoms with Crippen molar-refractivity contribution in [3.8, 4) is 5.75 Å². The number of benzene rings is 1. The van der Waals surface area contributed by atoms with Crippen LogP contribution in [0.1, 0.15) is 36.2 Å². The van der Waals surface area contributed by atoms with E-state index in [1.165, 1.54) is 0 Å². The number of carbonyl (C=O) groups excluding carboxylic acids is 1. The summed E-state index contributed by atoms with van der Waals surface area (Å²) in [6.07, 6.45) is 1.88. The first-order chi connectivity index (χ1) is 6.63. The quantitative estimate of drug-likeness (QED) is 0.636. The van der Waals surface area contributed by atoms with E-state index >= 15 is 0 Å². The average molecular weight is 190 g/mol. The second-order valence-electron chi connectivity index (χ2n) is 4.36. The van der Waals surface area contributed by atoms with Crippen LogP contribution in [0, 0.1) is 0 Å². The fraction of sp³-hybridized carbons (Fsp3) is 0.417. The van der Waals surface area contributed by atoms with Crippen molar-refractivity contribution in [2.75, 3.05) is 6.61 Å². The summed E-state index contributed by atoms with van der Waals surface area (Å²) >= 11 is 0. The fourth-order valence-corrected chi connectivity index (χ4v) is 1.83. The number of fused-ring (bicyclic) bond motifs is 1. The monoisotopic (exact) mass is 190 g/mol. The van der Waals surface area contributed by atoms with E-state index < -0.39 is 0 Å². The molecule has 1 aromatic rings. The molecule has 1 aliphatic rings. The summed E-state index contributed by atoms with van der Waals surface area (Å²) in [5, 5.41) is 0. The molecule has 0 saturated carbocycles. The molecule has 0 amide bonds. The predicted octanol–water partition coefficient (Wildman–Crippen LogP) is 2.56. The van der Waals surface area contributed by atoms with Crippen LogP contribution >= 0.6 is 0 Å². The van der Waals surface area contributed by atoms with E-state index in [2.05, 4.69) is 13.8 Å². The predicted molar refractivity (Wildman–Crippen MR) is 55.0 cm³/mol. The highest BCUT2D eigenvalue weighted by molar-refractivity contribution is 5.76. The van der Waals surface area contributed by atoms with Gasteiger partial charge in [0.1, 0.15) is 12.0 Å². The number of hydrogen-bond acceptors (Lipinski definition) is 2. The van der Waals surface area contributed by atoms with Crippen molar-refractivity contribution in [2.24, 2.45) is 0 Å². The van der Waals surface area contributed by atoms with Gasteiger partial charge >= 0.3 is 0 Å². The van der Waals surface area contributed by atoms with Gasteiger partial charge in [-0.05, 0) is 30.0 Å². The standard InChI is InChI=1S/C12H14O2/c1-12(2)5-6-14-11-4-3-9(8-13)7-10(11)12/h3-4,7-8H,5-6H2,1-2H3. The highest BCUT2D eigenvalue weighted by atomic mass is 16.5. The summed E-state index contributed by atoms with van der Waals surface area (Å²) in [5.74, 6) is 0.923. The molecule has 0 aliphatic carbocycles. The molecule has 0 atom stereocenters. The van der Waals surface area contributed by atoms with Crippen molar-refractivity contribution in [2.45, 2.75) is 25.7 Å². The average Bonchev–Trinajstić information content (AvgIpc) is 2.17.